The lowest BCUT2D eigenvalue weighted by molar-refractivity contribution is -0.136. The standard InChI is InChI=1S/C23H22N4O4/c24-18-6-3-13-2-4-14(10-16(13)18)25-11-12-1-5-15-17(9-12)23(31)27(22(15)30)19-7-8-20(28)26-21(19)29/h1-2,4-5,9-10,18-19,25H,3,6-8,11,24H2,(H,26,28,29). The fraction of sp³-hybridized carbons (Fsp3) is 0.304. The van der Waals surface area contributed by atoms with E-state index in [1.807, 2.05) is 6.07 Å². The highest BCUT2D eigenvalue weighted by atomic mass is 16.2. The Bertz CT molecular complexity index is 1140. The Labute approximate surface area is 178 Å². The average Bonchev–Trinajstić information content (AvgIpc) is 3.24. The molecule has 0 aromatic heterocycles. The van der Waals surface area contributed by atoms with Gasteiger partial charge in [-0.1, -0.05) is 12.1 Å². The third kappa shape index (κ3) is 3.29. The number of nitrogens with zero attached hydrogens (tertiary/aromatic N) is 1. The SMILES string of the molecule is NC1CCc2ccc(NCc3ccc4c(c3)C(=O)N(C3CCC(=O)NC3=O)C4=O)cc21. The van der Waals surface area contributed by atoms with Crippen LogP contribution in [0, 0.1) is 0 Å². The molecule has 4 N–H and O–H groups in total. The molecule has 0 spiro atoms. The quantitative estimate of drug-likeness (QED) is 0.649. The van der Waals surface area contributed by atoms with Crippen LogP contribution < -0.4 is 16.4 Å². The Morgan fingerprint density at radius 2 is 1.77 bits per heavy atom. The molecule has 1 saturated heterocycles. The van der Waals surface area contributed by atoms with Crippen LogP contribution in [-0.2, 0) is 22.6 Å². The Morgan fingerprint density at radius 3 is 2.58 bits per heavy atom. The number of aryl methyl sites for hydroxylation is 1. The number of amides is 4. The number of anilines is 1. The topological polar surface area (TPSA) is 122 Å². The molecule has 2 unspecified atom stereocenters. The Morgan fingerprint density at radius 1 is 0.968 bits per heavy atom. The van der Waals surface area contributed by atoms with Crippen molar-refractivity contribution in [2.45, 2.75) is 44.3 Å². The molecule has 4 amide bonds. The van der Waals surface area contributed by atoms with E-state index in [-0.39, 0.29) is 30.0 Å². The second-order valence-corrected chi connectivity index (χ2v) is 8.24. The van der Waals surface area contributed by atoms with Crippen molar-refractivity contribution in [3.8, 4) is 0 Å². The molecule has 2 heterocycles. The van der Waals surface area contributed by atoms with Crippen molar-refractivity contribution in [2.75, 3.05) is 5.32 Å². The summed E-state index contributed by atoms with van der Waals surface area (Å²) >= 11 is 0. The number of imide groups is 2. The van der Waals surface area contributed by atoms with Crippen molar-refractivity contribution >= 4 is 29.3 Å². The van der Waals surface area contributed by atoms with E-state index < -0.39 is 29.7 Å². The Balaban J connectivity index is 1.33. The zero-order valence-electron chi connectivity index (χ0n) is 16.8. The van der Waals surface area contributed by atoms with Gasteiger partial charge in [-0.25, -0.2) is 0 Å². The average molecular weight is 418 g/mol. The van der Waals surface area contributed by atoms with Crippen LogP contribution in [0.3, 0.4) is 0 Å². The molecule has 1 fully saturated rings. The van der Waals surface area contributed by atoms with Crippen LogP contribution in [0.5, 0.6) is 0 Å². The Kier molecular flexibility index (Phi) is 4.59. The number of rotatable bonds is 4. The van der Waals surface area contributed by atoms with Crippen molar-refractivity contribution < 1.29 is 19.2 Å². The van der Waals surface area contributed by atoms with Gasteiger partial charge < -0.3 is 11.1 Å². The predicted molar refractivity (Wildman–Crippen MR) is 112 cm³/mol. The summed E-state index contributed by atoms with van der Waals surface area (Å²) in [6, 6.07) is 10.4. The molecule has 1 aliphatic carbocycles. The maximum atomic E-state index is 12.9. The molecule has 0 radical (unpaired) electrons. The molecule has 2 aromatic carbocycles. The number of carbonyl (C=O) groups is 4. The number of benzene rings is 2. The van der Waals surface area contributed by atoms with Crippen LogP contribution in [0.1, 0.15) is 62.7 Å². The van der Waals surface area contributed by atoms with E-state index in [0.29, 0.717) is 6.54 Å². The minimum absolute atomic E-state index is 0.0682. The van der Waals surface area contributed by atoms with Gasteiger partial charge in [-0.05, 0) is 60.2 Å². The smallest absolute Gasteiger partial charge is 0.262 e. The van der Waals surface area contributed by atoms with Crippen molar-refractivity contribution in [3.63, 3.8) is 0 Å². The maximum absolute atomic E-state index is 12.9. The van der Waals surface area contributed by atoms with Crippen LogP contribution in [0.2, 0.25) is 0 Å². The number of piperidine rings is 1. The summed E-state index contributed by atoms with van der Waals surface area (Å²) in [7, 11) is 0. The molecule has 8 heteroatoms. The highest BCUT2D eigenvalue weighted by molar-refractivity contribution is 6.23. The summed E-state index contributed by atoms with van der Waals surface area (Å²) in [5, 5.41) is 5.55. The van der Waals surface area contributed by atoms with Crippen LogP contribution in [0.25, 0.3) is 0 Å². The number of nitrogens with one attached hydrogen (secondary N) is 2. The van der Waals surface area contributed by atoms with Gasteiger partial charge in [-0.3, -0.25) is 29.4 Å². The molecular weight excluding hydrogens is 396 g/mol. The van der Waals surface area contributed by atoms with Crippen LogP contribution >= 0.6 is 0 Å². The van der Waals surface area contributed by atoms with Gasteiger partial charge in [0.2, 0.25) is 11.8 Å². The fourth-order valence-corrected chi connectivity index (χ4v) is 4.58. The summed E-state index contributed by atoms with van der Waals surface area (Å²) in [5.41, 5.74) is 11.0. The molecule has 31 heavy (non-hydrogen) atoms. The van der Waals surface area contributed by atoms with Gasteiger partial charge in [0.1, 0.15) is 6.04 Å². The maximum Gasteiger partial charge on any atom is 0.262 e. The van der Waals surface area contributed by atoms with Gasteiger partial charge in [0.25, 0.3) is 11.8 Å². The van der Waals surface area contributed by atoms with E-state index in [1.165, 1.54) is 11.1 Å². The second-order valence-electron chi connectivity index (χ2n) is 8.24. The van der Waals surface area contributed by atoms with Gasteiger partial charge in [0.15, 0.2) is 0 Å². The molecule has 2 aromatic rings. The molecule has 2 atom stereocenters. The number of hydrogen-bond acceptors (Lipinski definition) is 6. The van der Waals surface area contributed by atoms with E-state index in [1.54, 1.807) is 18.2 Å². The minimum atomic E-state index is -0.956. The summed E-state index contributed by atoms with van der Waals surface area (Å²) in [5.74, 6) is -2.00. The fourth-order valence-electron chi connectivity index (χ4n) is 4.58. The lowest BCUT2D eigenvalue weighted by Gasteiger charge is -2.27. The molecule has 3 aliphatic rings. The van der Waals surface area contributed by atoms with Crippen molar-refractivity contribution in [2.24, 2.45) is 5.73 Å². The van der Waals surface area contributed by atoms with Crippen molar-refractivity contribution in [1.29, 1.82) is 0 Å². The predicted octanol–water partition coefficient (Wildman–Crippen LogP) is 1.65. The number of carbonyl (C=O) groups excluding carboxylic acids is 4. The molecule has 158 valence electrons. The number of nitrogens with two attached hydrogens (primary N) is 1. The van der Waals surface area contributed by atoms with Crippen molar-refractivity contribution in [3.05, 3.63) is 64.2 Å². The van der Waals surface area contributed by atoms with E-state index in [9.17, 15) is 19.2 Å². The lowest BCUT2D eigenvalue weighted by atomic mass is 10.0. The normalized spacial score (nSPS) is 22.4. The number of fused-ring (bicyclic) bond motifs is 2. The zero-order chi connectivity index (χ0) is 21.7. The minimum Gasteiger partial charge on any atom is -0.381 e. The largest absolute Gasteiger partial charge is 0.381 e. The second kappa shape index (κ2) is 7.31. The third-order valence-corrected chi connectivity index (χ3v) is 6.27. The first-order chi connectivity index (χ1) is 14.9. The summed E-state index contributed by atoms with van der Waals surface area (Å²) in [4.78, 5) is 50.2. The van der Waals surface area contributed by atoms with Gasteiger partial charge in [0.05, 0.1) is 11.1 Å². The molecule has 2 aliphatic heterocycles. The van der Waals surface area contributed by atoms with E-state index >= 15 is 0 Å². The van der Waals surface area contributed by atoms with Gasteiger partial charge in [-0.15, -0.1) is 0 Å². The molecule has 0 bridgehead atoms. The van der Waals surface area contributed by atoms with Gasteiger partial charge >= 0.3 is 0 Å². The highest BCUT2D eigenvalue weighted by Gasteiger charge is 2.44. The summed E-state index contributed by atoms with van der Waals surface area (Å²) < 4.78 is 0. The van der Waals surface area contributed by atoms with E-state index in [4.69, 9.17) is 5.73 Å². The third-order valence-electron chi connectivity index (χ3n) is 6.27. The first kappa shape index (κ1) is 19.4. The van der Waals surface area contributed by atoms with Gasteiger partial charge in [0, 0.05) is 24.7 Å². The molecule has 5 rings (SSSR count). The molecular formula is C23H22N4O4. The van der Waals surface area contributed by atoms with Crippen LogP contribution in [0.15, 0.2) is 36.4 Å². The summed E-state index contributed by atoms with van der Waals surface area (Å²) in [6.07, 6.45) is 2.21. The molecule has 0 saturated carbocycles. The number of hydrogen-bond donors (Lipinski definition) is 3. The lowest BCUT2D eigenvalue weighted by Crippen LogP contribution is -2.54. The van der Waals surface area contributed by atoms with E-state index in [2.05, 4.69) is 22.8 Å². The first-order valence-electron chi connectivity index (χ1n) is 10.4. The van der Waals surface area contributed by atoms with Gasteiger partial charge in [-0.2, -0.15) is 0 Å². The van der Waals surface area contributed by atoms with Crippen molar-refractivity contribution in [1.82, 2.24) is 10.2 Å². The summed E-state index contributed by atoms with van der Waals surface area (Å²) in [6.45, 7) is 0.473. The zero-order valence-corrected chi connectivity index (χ0v) is 16.8. The Hall–Kier alpha value is -3.52. The first-order valence-corrected chi connectivity index (χ1v) is 10.4. The monoisotopic (exact) mass is 418 g/mol. The molecule has 8 nitrogen and oxygen atoms in total. The van der Waals surface area contributed by atoms with Crippen LogP contribution in [0.4, 0.5) is 5.69 Å². The van der Waals surface area contributed by atoms with Crippen LogP contribution in [-0.4, -0.2) is 34.6 Å². The highest BCUT2D eigenvalue weighted by Crippen LogP contribution is 2.32. The van der Waals surface area contributed by atoms with E-state index in [0.717, 1.165) is 29.0 Å².